The molecule has 2 saturated heterocycles. The summed E-state index contributed by atoms with van der Waals surface area (Å²) in [6, 6.07) is 7.56. The normalized spacial score (nSPS) is 24.1. The quantitative estimate of drug-likeness (QED) is 0.736. The molecule has 3 N–H and O–H groups in total. The van der Waals surface area contributed by atoms with Gasteiger partial charge in [0, 0.05) is 37.0 Å². The molecule has 150 valence electrons. The monoisotopic (exact) mass is 386 g/mol. The first-order valence-electron chi connectivity index (χ1n) is 9.70. The first-order chi connectivity index (χ1) is 13.5. The van der Waals surface area contributed by atoms with Crippen LogP contribution in [0.3, 0.4) is 0 Å². The number of carbonyl (C=O) groups is 2. The van der Waals surface area contributed by atoms with Gasteiger partial charge in [-0.2, -0.15) is 0 Å². The molecule has 2 atom stereocenters. The van der Waals surface area contributed by atoms with Gasteiger partial charge < -0.3 is 19.8 Å². The van der Waals surface area contributed by atoms with Crippen molar-refractivity contribution in [2.75, 3.05) is 20.2 Å². The number of nitrogens with one attached hydrogen (secondary N) is 3. The number of furan rings is 1. The minimum atomic E-state index is -0.214. The van der Waals surface area contributed by atoms with Crippen molar-refractivity contribution in [2.24, 2.45) is 0 Å². The number of hydrogen-bond donors (Lipinski definition) is 3. The molecule has 4 rings (SSSR count). The lowest BCUT2D eigenvalue weighted by molar-refractivity contribution is -0.127. The molecule has 2 aromatic rings. The molecule has 1 aromatic carbocycles. The molecular weight excluding hydrogens is 360 g/mol. The first kappa shape index (κ1) is 18.8. The second-order valence-corrected chi connectivity index (χ2v) is 7.51. The zero-order chi connectivity index (χ0) is 19.7. The van der Waals surface area contributed by atoms with Gasteiger partial charge in [0.2, 0.25) is 5.91 Å². The SMILES string of the molecule is COc1cccc2cc(C(=O)NC3CCN(C4NC(=O)CC(C)N4)CC3)oc12. The molecule has 0 radical (unpaired) electrons. The number of fused-ring (bicyclic) bond motifs is 1. The van der Waals surface area contributed by atoms with E-state index in [0.717, 1.165) is 31.3 Å². The lowest BCUT2D eigenvalue weighted by Crippen LogP contribution is -2.65. The molecule has 0 saturated carbocycles. The number of carbonyl (C=O) groups excluding carboxylic acids is 2. The molecular formula is C20H26N4O4. The summed E-state index contributed by atoms with van der Waals surface area (Å²) in [5.41, 5.74) is 0.582. The Kier molecular flexibility index (Phi) is 5.23. The highest BCUT2D eigenvalue weighted by Gasteiger charge is 2.31. The van der Waals surface area contributed by atoms with E-state index in [0.29, 0.717) is 17.8 Å². The van der Waals surface area contributed by atoms with Crippen LogP contribution in [0.4, 0.5) is 0 Å². The second-order valence-electron chi connectivity index (χ2n) is 7.51. The van der Waals surface area contributed by atoms with Gasteiger partial charge in [-0.3, -0.25) is 19.8 Å². The number of likely N-dealkylation sites (tertiary alicyclic amines) is 1. The van der Waals surface area contributed by atoms with E-state index in [1.54, 1.807) is 13.2 Å². The lowest BCUT2D eigenvalue weighted by Gasteiger charge is -2.41. The smallest absolute Gasteiger partial charge is 0.287 e. The van der Waals surface area contributed by atoms with E-state index in [2.05, 4.69) is 20.9 Å². The van der Waals surface area contributed by atoms with Crippen molar-refractivity contribution in [1.29, 1.82) is 0 Å². The average molecular weight is 386 g/mol. The molecule has 3 heterocycles. The van der Waals surface area contributed by atoms with Crippen LogP contribution < -0.4 is 20.7 Å². The van der Waals surface area contributed by atoms with E-state index in [1.165, 1.54) is 0 Å². The zero-order valence-corrected chi connectivity index (χ0v) is 16.2. The van der Waals surface area contributed by atoms with E-state index in [1.807, 2.05) is 25.1 Å². The number of piperidine rings is 1. The Balaban J connectivity index is 1.35. The Bertz CT molecular complexity index is 872. The van der Waals surface area contributed by atoms with E-state index in [-0.39, 0.29) is 35.9 Å². The van der Waals surface area contributed by atoms with Crippen LogP contribution in [0, 0.1) is 0 Å². The summed E-state index contributed by atoms with van der Waals surface area (Å²) in [5.74, 6) is 0.763. The van der Waals surface area contributed by atoms with Gasteiger partial charge in [-0.25, -0.2) is 0 Å². The van der Waals surface area contributed by atoms with E-state index >= 15 is 0 Å². The summed E-state index contributed by atoms with van der Waals surface area (Å²) >= 11 is 0. The summed E-state index contributed by atoms with van der Waals surface area (Å²) in [5, 5.41) is 10.3. The van der Waals surface area contributed by atoms with Gasteiger partial charge in [0.15, 0.2) is 17.1 Å². The van der Waals surface area contributed by atoms with E-state index in [4.69, 9.17) is 9.15 Å². The fraction of sp³-hybridized carbons (Fsp3) is 0.500. The Morgan fingerprint density at radius 1 is 1.32 bits per heavy atom. The predicted octanol–water partition coefficient (Wildman–Crippen LogP) is 1.42. The molecule has 0 spiro atoms. The van der Waals surface area contributed by atoms with Gasteiger partial charge >= 0.3 is 0 Å². The van der Waals surface area contributed by atoms with Crippen LogP contribution in [0.2, 0.25) is 0 Å². The van der Waals surface area contributed by atoms with Gasteiger partial charge in [-0.05, 0) is 31.9 Å². The molecule has 1 aromatic heterocycles. The maximum Gasteiger partial charge on any atom is 0.287 e. The summed E-state index contributed by atoms with van der Waals surface area (Å²) in [7, 11) is 1.58. The Labute approximate surface area is 163 Å². The van der Waals surface area contributed by atoms with Crippen LogP contribution in [0.15, 0.2) is 28.7 Å². The van der Waals surface area contributed by atoms with Crippen molar-refractivity contribution in [3.8, 4) is 5.75 Å². The minimum Gasteiger partial charge on any atom is -0.493 e. The molecule has 2 unspecified atom stereocenters. The van der Waals surface area contributed by atoms with Crippen LogP contribution in [-0.2, 0) is 4.79 Å². The van der Waals surface area contributed by atoms with Gasteiger partial charge in [0.25, 0.3) is 5.91 Å². The highest BCUT2D eigenvalue weighted by atomic mass is 16.5. The Morgan fingerprint density at radius 3 is 2.82 bits per heavy atom. The molecule has 2 aliphatic heterocycles. The molecule has 2 fully saturated rings. The molecule has 8 nitrogen and oxygen atoms in total. The lowest BCUT2D eigenvalue weighted by atomic mass is 10.0. The number of amides is 2. The highest BCUT2D eigenvalue weighted by Crippen LogP contribution is 2.28. The average Bonchev–Trinajstić information content (AvgIpc) is 3.12. The number of hydrogen-bond acceptors (Lipinski definition) is 6. The second kappa shape index (κ2) is 7.81. The summed E-state index contributed by atoms with van der Waals surface area (Å²) < 4.78 is 11.0. The van der Waals surface area contributed by atoms with Gasteiger partial charge in [-0.15, -0.1) is 0 Å². The van der Waals surface area contributed by atoms with Crippen molar-refractivity contribution >= 4 is 22.8 Å². The summed E-state index contributed by atoms with van der Waals surface area (Å²) in [6.45, 7) is 3.61. The molecule has 0 aliphatic carbocycles. The van der Waals surface area contributed by atoms with Crippen LogP contribution in [0.25, 0.3) is 11.0 Å². The Morgan fingerprint density at radius 2 is 2.11 bits per heavy atom. The van der Waals surface area contributed by atoms with E-state index < -0.39 is 0 Å². The molecule has 0 bridgehead atoms. The highest BCUT2D eigenvalue weighted by molar-refractivity contribution is 5.97. The van der Waals surface area contributed by atoms with Gasteiger partial charge in [0.05, 0.1) is 7.11 Å². The molecule has 28 heavy (non-hydrogen) atoms. The largest absolute Gasteiger partial charge is 0.493 e. The standard InChI is InChI=1S/C20H26N4O4/c1-12-10-17(25)23-20(21-12)24-8-6-14(7-9-24)22-19(26)16-11-13-4-3-5-15(27-2)18(13)28-16/h3-5,11-12,14,20-21H,6-10H2,1-2H3,(H,22,26)(H,23,25). The topological polar surface area (TPSA) is 95.8 Å². The number of nitrogens with zero attached hydrogens (tertiary/aromatic N) is 1. The number of rotatable bonds is 4. The van der Waals surface area contributed by atoms with Crippen LogP contribution in [0.1, 0.15) is 36.7 Å². The molecule has 2 amide bonds. The number of benzene rings is 1. The predicted molar refractivity (Wildman–Crippen MR) is 104 cm³/mol. The third kappa shape index (κ3) is 3.83. The number of ether oxygens (including phenoxy) is 1. The van der Waals surface area contributed by atoms with Crippen molar-refractivity contribution in [3.63, 3.8) is 0 Å². The maximum absolute atomic E-state index is 12.6. The van der Waals surface area contributed by atoms with E-state index in [9.17, 15) is 9.59 Å². The molecule has 8 heteroatoms. The van der Waals surface area contributed by atoms with Crippen LogP contribution in [0.5, 0.6) is 5.75 Å². The minimum absolute atomic E-state index is 0.0759. The first-order valence-corrected chi connectivity index (χ1v) is 9.70. The van der Waals surface area contributed by atoms with Crippen molar-refractivity contribution in [2.45, 2.75) is 44.6 Å². The third-order valence-corrected chi connectivity index (χ3v) is 5.41. The van der Waals surface area contributed by atoms with Crippen LogP contribution in [-0.4, -0.2) is 55.3 Å². The van der Waals surface area contributed by atoms with Gasteiger partial charge in [0.1, 0.15) is 6.29 Å². The maximum atomic E-state index is 12.6. The third-order valence-electron chi connectivity index (χ3n) is 5.41. The zero-order valence-electron chi connectivity index (χ0n) is 16.2. The van der Waals surface area contributed by atoms with Crippen molar-refractivity contribution in [1.82, 2.24) is 20.9 Å². The van der Waals surface area contributed by atoms with Crippen LogP contribution >= 0.6 is 0 Å². The summed E-state index contributed by atoms with van der Waals surface area (Å²) in [6.07, 6.45) is 2.01. The fourth-order valence-corrected chi connectivity index (χ4v) is 3.92. The van der Waals surface area contributed by atoms with Crippen molar-refractivity contribution < 1.29 is 18.7 Å². The van der Waals surface area contributed by atoms with Crippen molar-refractivity contribution in [3.05, 3.63) is 30.0 Å². The number of para-hydroxylation sites is 1. The Hall–Kier alpha value is -2.58. The fourth-order valence-electron chi connectivity index (χ4n) is 3.92. The molecule has 2 aliphatic rings. The summed E-state index contributed by atoms with van der Waals surface area (Å²) in [4.78, 5) is 26.6. The number of methoxy groups -OCH3 is 1. The van der Waals surface area contributed by atoms with Gasteiger partial charge in [-0.1, -0.05) is 12.1 Å².